The molecule has 1 saturated carbocycles. The van der Waals surface area contributed by atoms with Gasteiger partial charge >= 0.3 is 5.97 Å². The molecule has 19 atom stereocenters. The number of methoxy groups -OCH3 is 1. The van der Waals surface area contributed by atoms with E-state index in [-0.39, 0.29) is 35.7 Å². The monoisotopic (exact) mass is 1080 g/mol. The number of fused-ring (bicyclic) bond motifs is 5. The van der Waals surface area contributed by atoms with Crippen LogP contribution in [0.4, 0.5) is 4.39 Å². The number of likely N-dealkylation sites (N-methyl/N-ethyl adjacent to an activating group) is 1. The molecule has 3 saturated heterocycles. The SMILES string of the molecule is C=C1CC[C@@H]2[C@@H](C)C(=N)[C@H](C)C[C@@](C)(CC1)[C@H](O[C@@H]1O[C@H](C)C[C@H](N(C)CCc3cn([C@H](CF)Cc4ccc(S(C)(=O)=O)cc4)nn3)[C@H]1O)[C@@H](C)[C@H](O[C@H]1C[C@@](C)(OC)[C@@H](O)[C@H](C)O1)[C@@H](C)C(=O)O[C@H](CC)[C@@]2(C)O. The number of alkyl halides is 1. The van der Waals surface area contributed by atoms with E-state index in [1.54, 1.807) is 46.0 Å². The summed E-state index contributed by atoms with van der Waals surface area (Å²) in [4.78, 5) is 17.0. The molecule has 0 radical (unpaired) electrons. The zero-order valence-corrected chi connectivity index (χ0v) is 47.7. The molecule has 4 aliphatic rings. The summed E-state index contributed by atoms with van der Waals surface area (Å²) in [6.07, 6.45) is -0.424. The van der Waals surface area contributed by atoms with E-state index < -0.39 is 118 Å². The first-order valence-corrected chi connectivity index (χ1v) is 29.1. The molecule has 2 aromatic rings. The average molecular weight is 1080 g/mol. The molecular weight excluding hydrogens is 986 g/mol. The zero-order chi connectivity index (χ0) is 55.5. The maximum atomic E-state index is 14.8. The molecule has 4 heterocycles. The third-order valence-corrected chi connectivity index (χ3v) is 18.9. The Bertz CT molecular complexity index is 2360. The Hall–Kier alpha value is -3.24. The van der Waals surface area contributed by atoms with Gasteiger partial charge in [-0.05, 0) is 134 Å². The molecule has 17 nitrogen and oxygen atoms in total. The molecule has 19 heteroatoms. The van der Waals surface area contributed by atoms with E-state index in [2.05, 4.69) is 35.6 Å². The first kappa shape index (κ1) is 61.0. The predicted octanol–water partition coefficient (Wildman–Crippen LogP) is 7.24. The van der Waals surface area contributed by atoms with Gasteiger partial charge in [0.15, 0.2) is 22.4 Å². The lowest BCUT2D eigenvalue weighted by Gasteiger charge is -2.51. The summed E-state index contributed by atoms with van der Waals surface area (Å²) in [5, 5.41) is 54.7. The Labute approximate surface area is 446 Å². The minimum atomic E-state index is -3.37. The molecule has 1 aromatic carbocycles. The highest BCUT2D eigenvalue weighted by molar-refractivity contribution is 7.90. The van der Waals surface area contributed by atoms with Crippen LogP contribution in [0.5, 0.6) is 0 Å². The molecule has 424 valence electrons. The van der Waals surface area contributed by atoms with Crippen molar-refractivity contribution in [3.05, 3.63) is 53.9 Å². The van der Waals surface area contributed by atoms with Crippen molar-refractivity contribution in [1.82, 2.24) is 19.9 Å². The van der Waals surface area contributed by atoms with E-state index in [4.69, 9.17) is 28.4 Å². The zero-order valence-electron chi connectivity index (χ0n) is 46.9. The quantitative estimate of drug-likeness (QED) is 0.102. The van der Waals surface area contributed by atoms with Crippen LogP contribution < -0.4 is 0 Å². The normalized spacial score (nSPS) is 39.3. The Morgan fingerprint density at radius 3 is 2.33 bits per heavy atom. The number of carbonyl (C=O) groups is 1. The van der Waals surface area contributed by atoms with Gasteiger partial charge in [-0.15, -0.1) is 5.10 Å². The number of ether oxygens (including phenoxy) is 6. The van der Waals surface area contributed by atoms with Crippen LogP contribution in [-0.4, -0.2) is 161 Å². The molecule has 0 unspecified atom stereocenters. The fourth-order valence-corrected chi connectivity index (χ4v) is 13.4. The number of aromatic nitrogens is 3. The van der Waals surface area contributed by atoms with Gasteiger partial charge in [0.25, 0.3) is 0 Å². The van der Waals surface area contributed by atoms with Gasteiger partial charge in [0.2, 0.25) is 0 Å². The number of rotatable bonds is 15. The minimum absolute atomic E-state index is 0.148. The van der Waals surface area contributed by atoms with E-state index in [1.165, 1.54) is 23.9 Å². The number of nitrogens with zero attached hydrogens (tertiary/aromatic N) is 4. The summed E-state index contributed by atoms with van der Waals surface area (Å²) in [6.45, 7) is 23.3. The van der Waals surface area contributed by atoms with Crippen LogP contribution in [0.1, 0.15) is 138 Å². The van der Waals surface area contributed by atoms with Crippen molar-refractivity contribution >= 4 is 21.5 Å². The topological polar surface area (TPSA) is 225 Å². The van der Waals surface area contributed by atoms with Gasteiger partial charge in [-0.25, -0.2) is 17.5 Å². The van der Waals surface area contributed by atoms with Crippen molar-refractivity contribution in [3.8, 4) is 0 Å². The molecule has 2 bridgehead atoms. The number of aliphatic hydroxyl groups excluding tert-OH is 2. The second-order valence-electron chi connectivity index (χ2n) is 23.7. The van der Waals surface area contributed by atoms with Gasteiger partial charge in [0.1, 0.15) is 30.6 Å². The largest absolute Gasteiger partial charge is 0.459 e. The summed E-state index contributed by atoms with van der Waals surface area (Å²) in [5.41, 5.74) is -0.397. The standard InChI is InChI=1S/C56H90FN5O12S/c1-15-45-56(11,66)43-21-16-32(2)22-24-54(9,28-33(3)47(58)35(43)5)51(36(6)49(37(7)52(65)72-45)73-46-29-55(10,69-13)50(64)38(8)71-46)74-53-48(63)44(26-34(4)70-53)61(12)25-23-40-31-62(60-59-40)41(30-57)27-39-17-19-42(20-18-39)75(14,67)68/h17-20,31,33-38,41,43-46,48-51,53,58,63-64,66H,2,15-16,21-30H2,1,3-14H3/t33-,34-,35-,36+,37-,38+,41+,43-,44+,45-,46+,48-,49+,50+,51-,53+,54-,55-,56+/m1/s1. The van der Waals surface area contributed by atoms with E-state index in [1.807, 2.05) is 34.7 Å². The van der Waals surface area contributed by atoms with Crippen LogP contribution in [0.2, 0.25) is 0 Å². The van der Waals surface area contributed by atoms with Crippen molar-refractivity contribution in [2.45, 2.75) is 217 Å². The third kappa shape index (κ3) is 14.0. The smallest absolute Gasteiger partial charge is 0.311 e. The van der Waals surface area contributed by atoms with E-state index >= 15 is 0 Å². The van der Waals surface area contributed by atoms with Gasteiger partial charge in [-0.1, -0.05) is 64.1 Å². The molecule has 0 spiro atoms. The van der Waals surface area contributed by atoms with Gasteiger partial charge in [-0.3, -0.25) is 4.79 Å². The van der Waals surface area contributed by atoms with Crippen LogP contribution in [0, 0.1) is 40.4 Å². The van der Waals surface area contributed by atoms with Crippen LogP contribution in [-0.2, 0) is 55.9 Å². The number of hydrogen-bond acceptors (Lipinski definition) is 16. The Kier molecular flexibility index (Phi) is 20.2. The number of esters is 1. The highest BCUT2D eigenvalue weighted by Gasteiger charge is 2.54. The lowest BCUT2D eigenvalue weighted by molar-refractivity contribution is -0.314. The molecule has 4 fully saturated rings. The lowest BCUT2D eigenvalue weighted by atomic mass is 9.65. The van der Waals surface area contributed by atoms with Gasteiger partial charge in [0, 0.05) is 56.6 Å². The number of aliphatic hydroxyl groups is 3. The maximum absolute atomic E-state index is 14.8. The number of hydrogen-bond donors (Lipinski definition) is 4. The minimum Gasteiger partial charge on any atom is -0.459 e. The van der Waals surface area contributed by atoms with Crippen LogP contribution in [0.15, 0.2) is 47.5 Å². The first-order chi connectivity index (χ1) is 35.1. The molecule has 75 heavy (non-hydrogen) atoms. The maximum Gasteiger partial charge on any atom is 0.311 e. The highest BCUT2D eigenvalue weighted by atomic mass is 32.2. The number of benzene rings is 1. The van der Waals surface area contributed by atoms with Crippen LogP contribution in [0.3, 0.4) is 0 Å². The molecule has 3 aliphatic heterocycles. The Morgan fingerprint density at radius 1 is 1.03 bits per heavy atom. The third-order valence-electron chi connectivity index (χ3n) is 17.7. The Morgan fingerprint density at radius 2 is 1.71 bits per heavy atom. The summed E-state index contributed by atoms with van der Waals surface area (Å²) in [7, 11) is 0.0904. The van der Waals surface area contributed by atoms with E-state index in [9.17, 15) is 38.3 Å². The number of nitrogens with one attached hydrogen (secondary N) is 1. The number of cyclic esters (lactones) is 1. The lowest BCUT2D eigenvalue weighted by Crippen LogP contribution is -2.60. The van der Waals surface area contributed by atoms with Crippen molar-refractivity contribution in [3.63, 3.8) is 0 Å². The van der Waals surface area contributed by atoms with E-state index in [0.29, 0.717) is 69.3 Å². The molecule has 1 aliphatic carbocycles. The molecular formula is C56H90FN5O12S. The van der Waals surface area contributed by atoms with Crippen molar-refractivity contribution in [2.75, 3.05) is 33.6 Å². The molecule has 4 N–H and O–H groups in total. The number of halogens is 1. The first-order valence-electron chi connectivity index (χ1n) is 27.2. The molecule has 1 aromatic heterocycles. The number of allylic oxidation sites excluding steroid dienone is 1. The van der Waals surface area contributed by atoms with Crippen LogP contribution in [0.25, 0.3) is 0 Å². The summed E-state index contributed by atoms with van der Waals surface area (Å²) in [6, 6.07) is 5.31. The van der Waals surface area contributed by atoms with Gasteiger partial charge in [-0.2, -0.15) is 0 Å². The van der Waals surface area contributed by atoms with Gasteiger partial charge in [0.05, 0.1) is 52.6 Å². The second kappa shape index (κ2) is 24.8. The second-order valence-corrected chi connectivity index (χ2v) is 25.7. The summed E-state index contributed by atoms with van der Waals surface area (Å²) in [5.74, 6) is -3.21. The average Bonchev–Trinajstić information content (AvgIpc) is 3.83. The number of carbonyl (C=O) groups excluding carboxylic acids is 1. The fraction of sp³-hybridized carbons (Fsp3) is 0.786. The van der Waals surface area contributed by atoms with Crippen molar-refractivity contribution in [1.29, 1.82) is 5.41 Å². The molecule has 6 rings (SSSR count). The Balaban J connectivity index is 1.33. The van der Waals surface area contributed by atoms with E-state index in [0.717, 1.165) is 17.4 Å². The van der Waals surface area contributed by atoms with Gasteiger partial charge < -0.3 is 54.0 Å². The number of sulfone groups is 1. The van der Waals surface area contributed by atoms with Crippen molar-refractivity contribution in [2.24, 2.45) is 35.0 Å². The fourth-order valence-electron chi connectivity index (χ4n) is 12.8. The van der Waals surface area contributed by atoms with Crippen LogP contribution >= 0.6 is 0 Å². The van der Waals surface area contributed by atoms with Crippen molar-refractivity contribution < 1.29 is 61.3 Å². The highest BCUT2D eigenvalue weighted by Crippen LogP contribution is 2.48. The predicted molar refractivity (Wildman–Crippen MR) is 282 cm³/mol. The summed E-state index contributed by atoms with van der Waals surface area (Å²) < 4.78 is 79.5. The summed E-state index contributed by atoms with van der Waals surface area (Å²) >= 11 is 0. The molecule has 0 amide bonds.